The zero-order valence-electron chi connectivity index (χ0n) is 30.3. The second kappa shape index (κ2) is 20.2. The molecular weight excluding hydrogens is 707 g/mol. The first kappa shape index (κ1) is 39.1. The Balaban J connectivity index is 1.30. The lowest BCUT2D eigenvalue weighted by atomic mass is 9.95. The number of nitrogens with zero attached hydrogens (tertiary/aromatic N) is 4. The van der Waals surface area contributed by atoms with Crippen LogP contribution in [-0.4, -0.2) is 63.1 Å². The summed E-state index contributed by atoms with van der Waals surface area (Å²) in [6, 6.07) is 21.8. The van der Waals surface area contributed by atoms with Crippen LogP contribution in [0.4, 0.5) is 9.59 Å². The van der Waals surface area contributed by atoms with E-state index in [9.17, 15) is 14.4 Å². The number of amides is 4. The highest BCUT2D eigenvalue weighted by Crippen LogP contribution is 2.20. The molecule has 0 aliphatic rings. The van der Waals surface area contributed by atoms with Crippen molar-refractivity contribution in [3.05, 3.63) is 135 Å². The van der Waals surface area contributed by atoms with Gasteiger partial charge in [0, 0.05) is 55.4 Å². The van der Waals surface area contributed by atoms with Crippen LogP contribution in [0.3, 0.4) is 0 Å². The van der Waals surface area contributed by atoms with E-state index in [4.69, 9.17) is 4.74 Å². The molecule has 5 aromatic rings. The minimum absolute atomic E-state index is 0.142. The highest BCUT2D eigenvalue weighted by molar-refractivity contribution is 7.09. The number of ether oxygens (including phenoxy) is 1. The summed E-state index contributed by atoms with van der Waals surface area (Å²) < 4.78 is 5.51. The van der Waals surface area contributed by atoms with E-state index >= 15 is 0 Å². The summed E-state index contributed by atoms with van der Waals surface area (Å²) in [5, 5.41) is 12.3. The van der Waals surface area contributed by atoms with Crippen molar-refractivity contribution in [2.24, 2.45) is 0 Å². The van der Waals surface area contributed by atoms with Crippen molar-refractivity contribution in [2.45, 2.75) is 83.1 Å². The van der Waals surface area contributed by atoms with Crippen LogP contribution >= 0.6 is 22.7 Å². The van der Waals surface area contributed by atoms with Gasteiger partial charge in [-0.15, -0.1) is 22.7 Å². The number of carbonyl (C=O) groups excluding carboxylic acids is 3. The number of thiazole rings is 2. The largest absolute Gasteiger partial charge is 0.444 e. The summed E-state index contributed by atoms with van der Waals surface area (Å²) in [6.45, 7) is 4.63. The van der Waals surface area contributed by atoms with Crippen molar-refractivity contribution in [3.8, 4) is 0 Å². The average molecular weight is 754 g/mol. The number of carbonyl (C=O) groups is 3. The first-order valence-electron chi connectivity index (χ1n) is 17.8. The number of hydrogen-bond acceptors (Lipinski definition) is 9. The molecule has 3 N–H and O–H groups in total. The minimum Gasteiger partial charge on any atom is -0.444 e. The van der Waals surface area contributed by atoms with Crippen molar-refractivity contribution in [1.82, 2.24) is 35.8 Å². The highest BCUT2D eigenvalue weighted by atomic mass is 32.1. The molecule has 0 bridgehead atoms. The Kier molecular flexibility index (Phi) is 14.9. The molecule has 13 heteroatoms. The summed E-state index contributed by atoms with van der Waals surface area (Å²) in [7, 11) is 1.70. The monoisotopic (exact) mass is 753 g/mol. The molecule has 278 valence electrons. The smallest absolute Gasteiger partial charge is 0.407 e. The molecule has 53 heavy (non-hydrogen) atoms. The van der Waals surface area contributed by atoms with Crippen LogP contribution in [0.5, 0.6) is 0 Å². The molecule has 3 unspecified atom stereocenters. The van der Waals surface area contributed by atoms with Crippen LogP contribution < -0.4 is 16.0 Å². The van der Waals surface area contributed by atoms with Crippen LogP contribution in [0.15, 0.2) is 102 Å². The quantitative estimate of drug-likeness (QED) is 0.0884. The van der Waals surface area contributed by atoms with Gasteiger partial charge in [0.1, 0.15) is 12.6 Å². The van der Waals surface area contributed by atoms with E-state index < -0.39 is 12.1 Å². The Morgan fingerprint density at radius 2 is 1.43 bits per heavy atom. The van der Waals surface area contributed by atoms with Gasteiger partial charge in [-0.25, -0.2) is 14.6 Å². The topological polar surface area (TPSA) is 138 Å². The lowest BCUT2D eigenvalue weighted by Gasteiger charge is -2.27. The molecule has 3 atom stereocenters. The van der Waals surface area contributed by atoms with Crippen molar-refractivity contribution in [2.75, 3.05) is 7.05 Å². The third-order valence-corrected chi connectivity index (χ3v) is 10.5. The SMILES string of the molecule is CC(C)c1nc(CN(C)C(=O)NC(Cc2cccnc2)C(=O)NC(CCC(Cc2ccccc2)NC(=O)OCc2cncs2)Cc2ccccc2)cs1. The summed E-state index contributed by atoms with van der Waals surface area (Å²) in [6.07, 6.45) is 7.09. The van der Waals surface area contributed by atoms with E-state index in [0.717, 1.165) is 32.3 Å². The van der Waals surface area contributed by atoms with Crippen LogP contribution in [0, 0.1) is 0 Å². The average Bonchev–Trinajstić information content (AvgIpc) is 3.87. The second-order valence-electron chi connectivity index (χ2n) is 13.3. The molecule has 3 aromatic heterocycles. The van der Waals surface area contributed by atoms with Gasteiger partial charge in [0.2, 0.25) is 5.91 Å². The Bertz CT molecular complexity index is 1840. The van der Waals surface area contributed by atoms with Crippen molar-refractivity contribution in [3.63, 3.8) is 0 Å². The van der Waals surface area contributed by atoms with Gasteiger partial charge in [0.25, 0.3) is 0 Å². The summed E-state index contributed by atoms with van der Waals surface area (Å²) in [4.78, 5) is 56.0. The van der Waals surface area contributed by atoms with Crippen LogP contribution in [0.1, 0.15) is 64.9 Å². The maximum absolute atomic E-state index is 14.2. The maximum atomic E-state index is 14.2. The summed E-state index contributed by atoms with van der Waals surface area (Å²) >= 11 is 3.00. The van der Waals surface area contributed by atoms with Gasteiger partial charge < -0.3 is 25.6 Å². The van der Waals surface area contributed by atoms with E-state index in [-0.39, 0.29) is 37.0 Å². The molecule has 0 saturated heterocycles. The molecule has 3 heterocycles. The van der Waals surface area contributed by atoms with E-state index in [1.807, 2.05) is 78.2 Å². The molecule has 0 aliphatic heterocycles. The Morgan fingerprint density at radius 1 is 0.774 bits per heavy atom. The predicted molar refractivity (Wildman–Crippen MR) is 209 cm³/mol. The third kappa shape index (κ3) is 13.1. The molecule has 4 amide bonds. The van der Waals surface area contributed by atoms with Gasteiger partial charge in [-0.3, -0.25) is 14.8 Å². The molecule has 0 radical (unpaired) electrons. The lowest BCUT2D eigenvalue weighted by Crippen LogP contribution is -2.53. The van der Waals surface area contributed by atoms with Gasteiger partial charge in [0.15, 0.2) is 0 Å². The molecular formula is C40H47N7O4S2. The summed E-state index contributed by atoms with van der Waals surface area (Å²) in [5.41, 5.74) is 5.46. The predicted octanol–water partition coefficient (Wildman–Crippen LogP) is 6.92. The molecule has 0 spiro atoms. The van der Waals surface area contributed by atoms with Gasteiger partial charge >= 0.3 is 12.1 Å². The number of nitrogens with one attached hydrogen (secondary N) is 3. The zero-order valence-corrected chi connectivity index (χ0v) is 31.9. The molecule has 5 rings (SSSR count). The van der Waals surface area contributed by atoms with Gasteiger partial charge in [-0.05, 0) is 48.4 Å². The number of urea groups is 1. The van der Waals surface area contributed by atoms with Crippen LogP contribution in [0.25, 0.3) is 0 Å². The molecule has 0 fully saturated rings. The lowest BCUT2D eigenvalue weighted by molar-refractivity contribution is -0.123. The number of aromatic nitrogens is 3. The second-order valence-corrected chi connectivity index (χ2v) is 15.2. The number of benzene rings is 2. The fraction of sp³-hybridized carbons (Fsp3) is 0.350. The molecule has 0 saturated carbocycles. The Morgan fingerprint density at radius 3 is 2.02 bits per heavy atom. The Labute approximate surface area is 319 Å². The number of hydrogen-bond donors (Lipinski definition) is 3. The highest BCUT2D eigenvalue weighted by Gasteiger charge is 2.27. The van der Waals surface area contributed by atoms with Crippen molar-refractivity contribution in [1.29, 1.82) is 0 Å². The van der Waals surface area contributed by atoms with Gasteiger partial charge in [0.05, 0.1) is 27.6 Å². The molecule has 11 nitrogen and oxygen atoms in total. The van der Waals surface area contributed by atoms with Crippen molar-refractivity contribution < 1.29 is 19.1 Å². The van der Waals surface area contributed by atoms with Gasteiger partial charge in [-0.1, -0.05) is 80.6 Å². The number of pyridine rings is 1. The normalized spacial score (nSPS) is 12.8. The first-order chi connectivity index (χ1) is 25.7. The molecule has 2 aromatic carbocycles. The number of alkyl carbamates (subject to hydrolysis) is 1. The fourth-order valence-electron chi connectivity index (χ4n) is 5.81. The van der Waals surface area contributed by atoms with Crippen molar-refractivity contribution >= 4 is 40.7 Å². The standard InChI is InChI=1S/C40H47N7O4S2/c1-28(2)38-44-34(26-52-38)24-47(3)39(49)46-36(21-31-15-10-18-41-22-31)37(48)43-32(19-29-11-6-4-7-12-29)16-17-33(20-30-13-8-5-9-14-30)45-40(50)51-25-35-23-42-27-53-35/h4-15,18,22-23,26-28,32-33,36H,16-17,19-21,24-25H2,1-3H3,(H,43,48)(H,45,50)(H,46,49). The first-order valence-corrected chi connectivity index (χ1v) is 19.5. The fourth-order valence-corrected chi connectivity index (χ4v) is 7.14. The van der Waals surface area contributed by atoms with E-state index in [2.05, 4.69) is 44.7 Å². The van der Waals surface area contributed by atoms with Crippen LogP contribution in [-0.2, 0) is 41.9 Å². The number of rotatable bonds is 18. The van der Waals surface area contributed by atoms with Gasteiger partial charge in [-0.2, -0.15) is 0 Å². The molecule has 0 aliphatic carbocycles. The Hall–Kier alpha value is -5.14. The summed E-state index contributed by atoms with van der Waals surface area (Å²) in [5.74, 6) is 0.000456. The maximum Gasteiger partial charge on any atom is 0.407 e. The van der Waals surface area contributed by atoms with E-state index in [1.165, 1.54) is 16.2 Å². The zero-order chi connectivity index (χ0) is 37.4. The van der Waals surface area contributed by atoms with E-state index in [1.54, 1.807) is 42.5 Å². The van der Waals surface area contributed by atoms with E-state index in [0.29, 0.717) is 38.1 Å². The minimum atomic E-state index is -0.867. The third-order valence-electron chi connectivity index (χ3n) is 8.60. The van der Waals surface area contributed by atoms with Crippen LogP contribution in [0.2, 0.25) is 0 Å².